The predicted molar refractivity (Wildman–Crippen MR) is 64.7 cm³/mol. The average Bonchev–Trinajstić information content (AvgIpc) is 2.35. The van der Waals surface area contributed by atoms with E-state index in [1.165, 1.54) is 0 Å². The molecule has 0 aliphatic carbocycles. The molecule has 86 valence electrons. The van der Waals surface area contributed by atoms with Crippen molar-refractivity contribution in [2.45, 2.75) is 0 Å². The van der Waals surface area contributed by atoms with Gasteiger partial charge in [-0.2, -0.15) is 0 Å². The summed E-state index contributed by atoms with van der Waals surface area (Å²) in [6, 6.07) is 9.71. The highest BCUT2D eigenvalue weighted by atomic mass is 16.2. The molecule has 1 aliphatic heterocycles. The van der Waals surface area contributed by atoms with Crippen LogP contribution >= 0.6 is 0 Å². The number of rotatable bonds is 2. The number of carbonyl (C=O) groups excluding carboxylic acids is 2. The van der Waals surface area contributed by atoms with Crippen molar-refractivity contribution in [1.29, 1.82) is 0 Å². The lowest BCUT2D eigenvalue weighted by atomic mass is 10.2. The molecular formula is C13H12N2O2. The molecular weight excluding hydrogens is 216 g/mol. The SMILES string of the molecule is O=C1CNC(=O)C(=CC=Cc2ccccc2)N1. The average molecular weight is 228 g/mol. The van der Waals surface area contributed by atoms with E-state index < -0.39 is 0 Å². The highest BCUT2D eigenvalue weighted by Gasteiger charge is 2.18. The molecule has 4 heteroatoms. The van der Waals surface area contributed by atoms with E-state index in [-0.39, 0.29) is 24.1 Å². The zero-order chi connectivity index (χ0) is 12.1. The number of hydrogen-bond donors (Lipinski definition) is 2. The van der Waals surface area contributed by atoms with Crippen LogP contribution in [0.4, 0.5) is 0 Å². The second kappa shape index (κ2) is 5.12. The van der Waals surface area contributed by atoms with Gasteiger partial charge in [0.15, 0.2) is 0 Å². The molecule has 0 atom stereocenters. The molecule has 17 heavy (non-hydrogen) atoms. The molecule has 0 bridgehead atoms. The fourth-order valence-electron chi connectivity index (χ4n) is 1.44. The van der Waals surface area contributed by atoms with Crippen molar-refractivity contribution in [3.63, 3.8) is 0 Å². The molecule has 0 saturated carbocycles. The lowest BCUT2D eigenvalue weighted by molar-refractivity contribution is -0.127. The number of nitrogens with one attached hydrogen (secondary N) is 2. The first-order chi connectivity index (χ1) is 8.25. The molecule has 2 rings (SSSR count). The summed E-state index contributed by atoms with van der Waals surface area (Å²) >= 11 is 0. The summed E-state index contributed by atoms with van der Waals surface area (Å²) in [5, 5.41) is 4.99. The standard InChI is InChI=1S/C13H12N2O2/c16-12-9-14-13(17)11(15-12)8-4-7-10-5-2-1-3-6-10/h1-8H,9H2,(H,14,17)(H,15,16). The van der Waals surface area contributed by atoms with Crippen molar-refractivity contribution in [3.8, 4) is 0 Å². The van der Waals surface area contributed by atoms with Crippen LogP contribution in [-0.2, 0) is 9.59 Å². The van der Waals surface area contributed by atoms with E-state index >= 15 is 0 Å². The van der Waals surface area contributed by atoms with Crippen LogP contribution in [0.25, 0.3) is 6.08 Å². The van der Waals surface area contributed by atoms with Crippen LogP contribution in [-0.4, -0.2) is 18.4 Å². The minimum absolute atomic E-state index is 0.0403. The van der Waals surface area contributed by atoms with Gasteiger partial charge in [-0.05, 0) is 11.6 Å². The first kappa shape index (κ1) is 11.1. The van der Waals surface area contributed by atoms with Gasteiger partial charge in [0.05, 0.1) is 6.54 Å². The summed E-state index contributed by atoms with van der Waals surface area (Å²) in [7, 11) is 0. The van der Waals surface area contributed by atoms with E-state index in [0.29, 0.717) is 0 Å². The second-order valence-corrected chi connectivity index (χ2v) is 3.58. The molecule has 0 unspecified atom stereocenters. The number of carbonyl (C=O) groups is 2. The maximum absolute atomic E-state index is 11.4. The summed E-state index contributed by atoms with van der Waals surface area (Å²) in [5.41, 5.74) is 1.31. The molecule has 0 radical (unpaired) electrons. The van der Waals surface area contributed by atoms with Gasteiger partial charge >= 0.3 is 0 Å². The number of hydrogen-bond acceptors (Lipinski definition) is 2. The Balaban J connectivity index is 2.07. The predicted octanol–water partition coefficient (Wildman–Crippen LogP) is 0.830. The van der Waals surface area contributed by atoms with E-state index in [2.05, 4.69) is 10.6 Å². The maximum atomic E-state index is 11.4. The van der Waals surface area contributed by atoms with Crippen molar-refractivity contribution in [1.82, 2.24) is 10.6 Å². The van der Waals surface area contributed by atoms with Gasteiger partial charge in [0.2, 0.25) is 5.91 Å². The molecule has 1 aromatic rings. The highest BCUT2D eigenvalue weighted by molar-refractivity contribution is 6.03. The molecule has 2 amide bonds. The minimum atomic E-state index is -0.262. The Morgan fingerprint density at radius 3 is 2.65 bits per heavy atom. The van der Waals surface area contributed by atoms with Crippen LogP contribution in [0.2, 0.25) is 0 Å². The second-order valence-electron chi connectivity index (χ2n) is 3.58. The van der Waals surface area contributed by atoms with Crippen molar-refractivity contribution >= 4 is 17.9 Å². The summed E-state index contributed by atoms with van der Waals surface area (Å²) < 4.78 is 0. The Labute approximate surface area is 99.0 Å². The molecule has 0 spiro atoms. The van der Waals surface area contributed by atoms with Gasteiger partial charge in [-0.3, -0.25) is 9.59 Å². The van der Waals surface area contributed by atoms with Gasteiger partial charge in [0.1, 0.15) is 5.70 Å². The summed E-state index contributed by atoms with van der Waals surface area (Å²) in [4.78, 5) is 22.4. The van der Waals surface area contributed by atoms with E-state index in [9.17, 15) is 9.59 Å². The van der Waals surface area contributed by atoms with Crippen LogP contribution in [0.15, 0.2) is 48.2 Å². The Kier molecular flexibility index (Phi) is 3.35. The Hall–Kier alpha value is -2.36. The molecule has 1 aromatic carbocycles. The fraction of sp³-hybridized carbons (Fsp3) is 0.0769. The van der Waals surface area contributed by atoms with Crippen LogP contribution < -0.4 is 10.6 Å². The molecule has 4 nitrogen and oxygen atoms in total. The van der Waals surface area contributed by atoms with Crippen LogP contribution in [0.1, 0.15) is 5.56 Å². The van der Waals surface area contributed by atoms with E-state index in [1.54, 1.807) is 12.2 Å². The van der Waals surface area contributed by atoms with Crippen LogP contribution in [0.5, 0.6) is 0 Å². The smallest absolute Gasteiger partial charge is 0.268 e. The van der Waals surface area contributed by atoms with Gasteiger partial charge in [-0.15, -0.1) is 0 Å². The zero-order valence-electron chi connectivity index (χ0n) is 9.14. The molecule has 1 heterocycles. The van der Waals surface area contributed by atoms with Gasteiger partial charge in [0, 0.05) is 0 Å². The van der Waals surface area contributed by atoms with Gasteiger partial charge in [0.25, 0.3) is 5.91 Å². The van der Waals surface area contributed by atoms with Crippen LogP contribution in [0, 0.1) is 0 Å². The summed E-state index contributed by atoms with van der Waals surface area (Å²) in [6.45, 7) is 0.0403. The monoisotopic (exact) mass is 228 g/mol. The van der Waals surface area contributed by atoms with Crippen molar-refractivity contribution in [2.24, 2.45) is 0 Å². The van der Waals surface area contributed by atoms with Gasteiger partial charge in [-0.25, -0.2) is 0 Å². The highest BCUT2D eigenvalue weighted by Crippen LogP contribution is 2.02. The lowest BCUT2D eigenvalue weighted by Gasteiger charge is -2.15. The molecule has 2 N–H and O–H groups in total. The third-order valence-electron chi connectivity index (χ3n) is 2.28. The Bertz CT molecular complexity index is 489. The largest absolute Gasteiger partial charge is 0.342 e. The third-order valence-corrected chi connectivity index (χ3v) is 2.28. The van der Waals surface area contributed by atoms with Crippen molar-refractivity contribution in [2.75, 3.05) is 6.54 Å². The summed E-state index contributed by atoms with van der Waals surface area (Å²) in [6.07, 6.45) is 5.18. The Morgan fingerprint density at radius 1 is 1.12 bits per heavy atom. The van der Waals surface area contributed by atoms with Gasteiger partial charge in [-0.1, -0.05) is 42.5 Å². The quantitative estimate of drug-likeness (QED) is 0.737. The molecule has 1 fully saturated rings. The first-order valence-electron chi connectivity index (χ1n) is 5.27. The Morgan fingerprint density at radius 2 is 1.88 bits per heavy atom. The minimum Gasteiger partial charge on any atom is -0.342 e. The van der Waals surface area contributed by atoms with E-state index in [1.807, 2.05) is 36.4 Å². The molecule has 1 saturated heterocycles. The third kappa shape index (κ3) is 3.04. The normalized spacial score (nSPS) is 18.2. The van der Waals surface area contributed by atoms with Crippen LogP contribution in [0.3, 0.4) is 0 Å². The van der Waals surface area contributed by atoms with Crippen molar-refractivity contribution < 1.29 is 9.59 Å². The van der Waals surface area contributed by atoms with Gasteiger partial charge < -0.3 is 10.6 Å². The first-order valence-corrected chi connectivity index (χ1v) is 5.27. The fourth-order valence-corrected chi connectivity index (χ4v) is 1.44. The topological polar surface area (TPSA) is 58.2 Å². The summed E-state index contributed by atoms with van der Waals surface area (Å²) in [5.74, 6) is -0.466. The number of piperazine rings is 1. The van der Waals surface area contributed by atoms with E-state index in [0.717, 1.165) is 5.56 Å². The van der Waals surface area contributed by atoms with E-state index in [4.69, 9.17) is 0 Å². The number of amides is 2. The number of allylic oxidation sites excluding steroid dienone is 2. The number of benzene rings is 1. The zero-order valence-corrected chi connectivity index (χ0v) is 9.14. The lowest BCUT2D eigenvalue weighted by Crippen LogP contribution is -2.46. The maximum Gasteiger partial charge on any atom is 0.268 e. The molecule has 0 aromatic heterocycles. The molecule has 1 aliphatic rings. The van der Waals surface area contributed by atoms with Crippen molar-refractivity contribution in [3.05, 3.63) is 53.7 Å².